The molecule has 0 spiro atoms. The van der Waals surface area contributed by atoms with Crippen molar-refractivity contribution >= 4 is 5.69 Å². The molecule has 0 radical (unpaired) electrons. The third-order valence-corrected chi connectivity index (χ3v) is 5.51. The van der Waals surface area contributed by atoms with Crippen LogP contribution in [0.4, 0.5) is 5.69 Å². The highest BCUT2D eigenvalue weighted by molar-refractivity contribution is 5.51. The van der Waals surface area contributed by atoms with Crippen molar-refractivity contribution in [3.8, 4) is 0 Å². The van der Waals surface area contributed by atoms with E-state index in [1.54, 1.807) is 0 Å². The van der Waals surface area contributed by atoms with Crippen LogP contribution in [0.3, 0.4) is 0 Å². The van der Waals surface area contributed by atoms with E-state index in [2.05, 4.69) is 66.4 Å². The predicted molar refractivity (Wildman–Crippen MR) is 115 cm³/mol. The topological polar surface area (TPSA) is 6.48 Å². The van der Waals surface area contributed by atoms with Gasteiger partial charge in [-0.25, -0.2) is 0 Å². The maximum atomic E-state index is 2.58. The number of rotatable bonds is 14. The van der Waals surface area contributed by atoms with E-state index < -0.39 is 0 Å². The van der Waals surface area contributed by atoms with Gasteiger partial charge in [0.25, 0.3) is 0 Å². The average molecular weight is 357 g/mol. The van der Waals surface area contributed by atoms with Crippen LogP contribution in [0.15, 0.2) is 42.7 Å². The summed E-state index contributed by atoms with van der Waals surface area (Å²) in [6.07, 6.45) is 21.4. The lowest BCUT2D eigenvalue weighted by atomic mass is 10.1. The summed E-state index contributed by atoms with van der Waals surface area (Å²) in [5.74, 6) is 0. The molecule has 1 unspecified atom stereocenters. The number of hydrogen-bond donors (Lipinski definition) is 0. The fourth-order valence-electron chi connectivity index (χ4n) is 3.91. The Labute approximate surface area is 162 Å². The highest BCUT2D eigenvalue weighted by Gasteiger charge is 2.26. The first-order valence-corrected chi connectivity index (χ1v) is 11.1. The van der Waals surface area contributed by atoms with Crippen LogP contribution in [0.5, 0.6) is 0 Å². The molecule has 2 nitrogen and oxygen atoms in total. The van der Waals surface area contributed by atoms with E-state index in [0.29, 0.717) is 6.17 Å². The highest BCUT2D eigenvalue weighted by Crippen LogP contribution is 2.28. The van der Waals surface area contributed by atoms with Crippen molar-refractivity contribution < 1.29 is 0 Å². The van der Waals surface area contributed by atoms with Gasteiger partial charge in [-0.2, -0.15) is 0 Å². The molecule has 0 amide bonds. The lowest BCUT2D eigenvalue weighted by Crippen LogP contribution is -2.39. The first-order valence-electron chi connectivity index (χ1n) is 11.1. The van der Waals surface area contributed by atoms with Crippen LogP contribution in [0.1, 0.15) is 90.9 Å². The van der Waals surface area contributed by atoms with Gasteiger partial charge in [-0.15, -0.1) is 0 Å². The smallest absolute Gasteiger partial charge is 0.105 e. The molecular weight excluding hydrogens is 316 g/mol. The largest absolute Gasteiger partial charge is 0.356 e. The van der Waals surface area contributed by atoms with Crippen molar-refractivity contribution in [2.75, 3.05) is 11.4 Å². The van der Waals surface area contributed by atoms with Gasteiger partial charge in [0.2, 0.25) is 0 Å². The first kappa shape index (κ1) is 20.9. The minimum atomic E-state index is 0.509. The molecule has 1 aromatic rings. The molecule has 2 rings (SSSR count). The highest BCUT2D eigenvalue weighted by atomic mass is 15.4. The second-order valence-electron chi connectivity index (χ2n) is 7.73. The molecule has 0 aliphatic carbocycles. The zero-order valence-corrected chi connectivity index (χ0v) is 17.2. The molecule has 0 aromatic heterocycles. The number of hydrogen-bond acceptors (Lipinski definition) is 2. The second kappa shape index (κ2) is 12.8. The molecule has 0 bridgehead atoms. The first-order chi connectivity index (χ1) is 12.9. The Hall–Kier alpha value is -1.44. The maximum Gasteiger partial charge on any atom is 0.105 e. The molecule has 0 N–H and O–H groups in total. The summed E-state index contributed by atoms with van der Waals surface area (Å²) in [7, 11) is 0. The van der Waals surface area contributed by atoms with Crippen LogP contribution in [0.2, 0.25) is 0 Å². The Morgan fingerprint density at radius 2 is 1.31 bits per heavy atom. The molecule has 0 fully saturated rings. The Balaban J connectivity index is 1.82. The number of anilines is 1. The summed E-state index contributed by atoms with van der Waals surface area (Å²) < 4.78 is 0. The Morgan fingerprint density at radius 3 is 2.00 bits per heavy atom. The van der Waals surface area contributed by atoms with Crippen LogP contribution in [-0.4, -0.2) is 17.6 Å². The third kappa shape index (κ3) is 7.05. The molecule has 1 aliphatic rings. The van der Waals surface area contributed by atoms with Gasteiger partial charge in [-0.05, 0) is 31.4 Å². The van der Waals surface area contributed by atoms with E-state index in [1.807, 2.05) is 0 Å². The summed E-state index contributed by atoms with van der Waals surface area (Å²) in [5.41, 5.74) is 1.33. The predicted octanol–water partition coefficient (Wildman–Crippen LogP) is 7.33. The summed E-state index contributed by atoms with van der Waals surface area (Å²) in [6.45, 7) is 5.78. The fraction of sp³-hybridized carbons (Fsp3) is 0.667. The van der Waals surface area contributed by atoms with Crippen LogP contribution in [0, 0.1) is 0 Å². The Bertz CT molecular complexity index is 482. The van der Waals surface area contributed by atoms with Crippen molar-refractivity contribution in [2.45, 2.75) is 97.1 Å². The molecule has 0 saturated heterocycles. The Kier molecular flexibility index (Phi) is 10.3. The van der Waals surface area contributed by atoms with Crippen molar-refractivity contribution in [3.63, 3.8) is 0 Å². The van der Waals surface area contributed by atoms with Crippen LogP contribution in [0.25, 0.3) is 0 Å². The Morgan fingerprint density at radius 1 is 0.692 bits per heavy atom. The molecule has 146 valence electrons. The molecule has 1 atom stereocenters. The number of para-hydroxylation sites is 1. The maximum absolute atomic E-state index is 2.58. The molecule has 26 heavy (non-hydrogen) atoms. The van der Waals surface area contributed by atoms with Gasteiger partial charge in [0, 0.05) is 24.6 Å². The van der Waals surface area contributed by atoms with Gasteiger partial charge >= 0.3 is 0 Å². The van der Waals surface area contributed by atoms with Crippen molar-refractivity contribution in [3.05, 3.63) is 42.7 Å². The van der Waals surface area contributed by atoms with Crippen LogP contribution < -0.4 is 4.90 Å². The molecule has 2 heteroatoms. The number of nitrogens with zero attached hydrogens (tertiary/aromatic N) is 2. The van der Waals surface area contributed by atoms with Gasteiger partial charge in [0.15, 0.2) is 0 Å². The third-order valence-electron chi connectivity index (χ3n) is 5.51. The van der Waals surface area contributed by atoms with E-state index >= 15 is 0 Å². The molecule has 0 saturated carbocycles. The van der Waals surface area contributed by atoms with Crippen LogP contribution in [-0.2, 0) is 0 Å². The van der Waals surface area contributed by atoms with E-state index in [0.717, 1.165) is 0 Å². The van der Waals surface area contributed by atoms with E-state index in [-0.39, 0.29) is 0 Å². The molecule has 1 aliphatic heterocycles. The van der Waals surface area contributed by atoms with Gasteiger partial charge < -0.3 is 9.80 Å². The van der Waals surface area contributed by atoms with Gasteiger partial charge in [-0.1, -0.05) is 89.8 Å². The average Bonchev–Trinajstić information content (AvgIpc) is 3.08. The zero-order valence-electron chi connectivity index (χ0n) is 17.2. The zero-order chi connectivity index (χ0) is 18.5. The summed E-state index contributed by atoms with van der Waals surface area (Å²) in [5, 5.41) is 0. The van der Waals surface area contributed by atoms with Crippen LogP contribution >= 0.6 is 0 Å². The minimum Gasteiger partial charge on any atom is -0.356 e. The van der Waals surface area contributed by atoms with Crippen molar-refractivity contribution in [1.82, 2.24) is 4.90 Å². The summed E-state index contributed by atoms with van der Waals surface area (Å²) >= 11 is 0. The van der Waals surface area contributed by atoms with E-state index in [9.17, 15) is 0 Å². The molecule has 1 aromatic carbocycles. The van der Waals surface area contributed by atoms with Gasteiger partial charge in [-0.3, -0.25) is 0 Å². The summed E-state index contributed by atoms with van der Waals surface area (Å²) in [4.78, 5) is 5.07. The number of benzene rings is 1. The fourth-order valence-corrected chi connectivity index (χ4v) is 3.91. The van der Waals surface area contributed by atoms with Gasteiger partial charge in [0.05, 0.1) is 0 Å². The molecular formula is C24H40N2. The lowest BCUT2D eigenvalue weighted by molar-refractivity contribution is 0.273. The standard InChI is InChI=1S/C24H40N2/c1-3-5-7-9-10-11-15-19-24-25(20-16-8-6-4-2)21-22-26(24)23-17-13-12-14-18-23/h12-14,17-18,21-22,24H,3-11,15-16,19-20H2,1-2H3. The molecule has 1 heterocycles. The normalized spacial score (nSPS) is 16.6. The van der Waals surface area contributed by atoms with Gasteiger partial charge in [0.1, 0.15) is 6.17 Å². The monoisotopic (exact) mass is 356 g/mol. The van der Waals surface area contributed by atoms with Crippen molar-refractivity contribution in [2.24, 2.45) is 0 Å². The number of unbranched alkanes of at least 4 members (excludes halogenated alkanes) is 9. The SMILES string of the molecule is CCCCCCCCCC1N(CCCCCC)C=CN1c1ccccc1. The summed E-state index contributed by atoms with van der Waals surface area (Å²) in [6, 6.07) is 10.9. The van der Waals surface area contributed by atoms with Crippen molar-refractivity contribution in [1.29, 1.82) is 0 Å². The quantitative estimate of drug-likeness (QED) is 0.322. The second-order valence-corrected chi connectivity index (χ2v) is 7.73. The van der Waals surface area contributed by atoms with E-state index in [4.69, 9.17) is 0 Å². The lowest BCUT2D eigenvalue weighted by Gasteiger charge is -2.33. The van der Waals surface area contributed by atoms with E-state index in [1.165, 1.54) is 89.3 Å². The minimum absolute atomic E-state index is 0.509.